The summed E-state index contributed by atoms with van der Waals surface area (Å²) in [6, 6.07) is 3.71. The van der Waals surface area contributed by atoms with Gasteiger partial charge in [-0.3, -0.25) is 0 Å². The van der Waals surface area contributed by atoms with Crippen LogP contribution in [0.5, 0.6) is 0 Å². The number of allylic oxidation sites excluding steroid dienone is 1. The average Bonchev–Trinajstić information content (AvgIpc) is 2.43. The molecule has 2 heterocycles. The summed E-state index contributed by atoms with van der Waals surface area (Å²) in [6.45, 7) is 1.11. The summed E-state index contributed by atoms with van der Waals surface area (Å²) >= 11 is 0. The topological polar surface area (TPSA) is 24.9 Å². The van der Waals surface area contributed by atoms with Crippen molar-refractivity contribution in [1.82, 2.24) is 10.3 Å². The number of rotatable bonds is 1. The molecule has 3 rings (SSSR count). The van der Waals surface area contributed by atoms with Crippen molar-refractivity contribution in [2.45, 2.75) is 12.5 Å². The molecule has 14 heavy (non-hydrogen) atoms. The molecular formula is C11H11FN2. The van der Waals surface area contributed by atoms with Crippen LogP contribution in [0.1, 0.15) is 12.0 Å². The molecule has 0 unspecified atom stereocenters. The highest BCUT2D eigenvalue weighted by atomic mass is 19.1. The molecule has 0 spiro atoms. The number of halogens is 1. The van der Waals surface area contributed by atoms with Crippen LogP contribution in [0, 0.1) is 11.9 Å². The Bertz CT molecular complexity index is 383. The van der Waals surface area contributed by atoms with Gasteiger partial charge in [0.15, 0.2) is 0 Å². The number of hydrogen-bond acceptors (Lipinski definition) is 2. The lowest BCUT2D eigenvalue weighted by molar-refractivity contribution is 0.306. The fraction of sp³-hybridized carbons (Fsp3) is 0.364. The number of nitrogens with zero attached hydrogens (tertiary/aromatic N) is 1. The SMILES string of the molecule is Fc1ccc(C2=CC[C@@H]3CN[C@H]23)cn1. The molecule has 3 heteroatoms. The lowest BCUT2D eigenvalue weighted by Gasteiger charge is -2.34. The summed E-state index contributed by atoms with van der Waals surface area (Å²) in [7, 11) is 0. The van der Waals surface area contributed by atoms with E-state index in [4.69, 9.17) is 0 Å². The molecule has 0 aromatic carbocycles. The second kappa shape index (κ2) is 2.89. The van der Waals surface area contributed by atoms with Crippen molar-refractivity contribution in [3.63, 3.8) is 0 Å². The molecule has 1 N–H and O–H groups in total. The second-order valence-electron chi connectivity index (χ2n) is 3.91. The third-order valence-corrected chi connectivity index (χ3v) is 3.11. The van der Waals surface area contributed by atoms with Gasteiger partial charge in [-0.15, -0.1) is 0 Å². The Balaban J connectivity index is 1.92. The maximum atomic E-state index is 12.6. The Labute approximate surface area is 81.9 Å². The molecule has 0 bridgehead atoms. The van der Waals surface area contributed by atoms with Crippen LogP contribution in [0.3, 0.4) is 0 Å². The van der Waals surface area contributed by atoms with Gasteiger partial charge in [0.2, 0.25) is 5.95 Å². The number of aromatic nitrogens is 1. The van der Waals surface area contributed by atoms with Gasteiger partial charge in [0, 0.05) is 18.8 Å². The van der Waals surface area contributed by atoms with Gasteiger partial charge in [0.1, 0.15) is 0 Å². The summed E-state index contributed by atoms with van der Waals surface area (Å²) in [5, 5.41) is 3.38. The predicted molar refractivity (Wildman–Crippen MR) is 52.1 cm³/mol. The van der Waals surface area contributed by atoms with E-state index in [0.29, 0.717) is 6.04 Å². The van der Waals surface area contributed by atoms with Crippen LogP contribution < -0.4 is 5.32 Å². The zero-order valence-electron chi connectivity index (χ0n) is 7.70. The minimum absolute atomic E-state index is 0.412. The minimum Gasteiger partial charge on any atom is -0.309 e. The second-order valence-corrected chi connectivity index (χ2v) is 3.91. The molecule has 2 atom stereocenters. The molecule has 1 fully saturated rings. The molecular weight excluding hydrogens is 179 g/mol. The first-order chi connectivity index (χ1) is 6.84. The first kappa shape index (κ1) is 8.12. The standard InChI is InChI=1S/C11H11FN2/c12-10-4-2-7(5-13-10)9-3-1-8-6-14-11(8)9/h2-5,8,11,14H,1,6H2/t8-,11+/m1/s1. The van der Waals surface area contributed by atoms with E-state index in [1.54, 1.807) is 12.3 Å². The van der Waals surface area contributed by atoms with Gasteiger partial charge in [-0.05, 0) is 35.6 Å². The van der Waals surface area contributed by atoms with E-state index in [1.165, 1.54) is 11.6 Å². The first-order valence-electron chi connectivity index (χ1n) is 4.90. The van der Waals surface area contributed by atoms with Crippen LogP contribution in [0.15, 0.2) is 24.4 Å². The molecule has 0 amide bonds. The quantitative estimate of drug-likeness (QED) is 0.680. The molecule has 0 radical (unpaired) electrons. The van der Waals surface area contributed by atoms with Crippen molar-refractivity contribution in [2.75, 3.05) is 6.54 Å². The first-order valence-corrected chi connectivity index (χ1v) is 4.90. The predicted octanol–water partition coefficient (Wildman–Crippen LogP) is 1.60. The fourth-order valence-corrected chi connectivity index (χ4v) is 2.23. The zero-order valence-corrected chi connectivity index (χ0v) is 7.70. The minimum atomic E-state index is -0.412. The number of fused-ring (bicyclic) bond motifs is 1. The Morgan fingerprint density at radius 3 is 2.93 bits per heavy atom. The van der Waals surface area contributed by atoms with E-state index < -0.39 is 5.95 Å². The number of hydrogen-bond donors (Lipinski definition) is 1. The molecule has 2 nitrogen and oxygen atoms in total. The van der Waals surface area contributed by atoms with Gasteiger partial charge in [-0.25, -0.2) is 4.98 Å². The van der Waals surface area contributed by atoms with Gasteiger partial charge in [0.05, 0.1) is 0 Å². The monoisotopic (exact) mass is 190 g/mol. The summed E-state index contributed by atoms with van der Waals surface area (Å²) in [6.07, 6.45) is 5.00. The fourth-order valence-electron chi connectivity index (χ4n) is 2.23. The van der Waals surface area contributed by atoms with Gasteiger partial charge in [-0.1, -0.05) is 6.08 Å². The van der Waals surface area contributed by atoms with E-state index in [1.807, 2.05) is 0 Å². The van der Waals surface area contributed by atoms with Crippen LogP contribution in [-0.2, 0) is 0 Å². The molecule has 1 aliphatic heterocycles. The van der Waals surface area contributed by atoms with E-state index in [0.717, 1.165) is 24.4 Å². The van der Waals surface area contributed by atoms with Crippen molar-refractivity contribution >= 4 is 5.57 Å². The maximum absolute atomic E-state index is 12.6. The van der Waals surface area contributed by atoms with Crippen molar-refractivity contribution in [2.24, 2.45) is 5.92 Å². The third-order valence-electron chi connectivity index (χ3n) is 3.11. The summed E-state index contributed by atoms with van der Waals surface area (Å²) in [5.41, 5.74) is 2.33. The van der Waals surface area contributed by atoms with E-state index in [-0.39, 0.29) is 0 Å². The molecule has 1 aromatic heterocycles. The Morgan fingerprint density at radius 1 is 1.43 bits per heavy atom. The smallest absolute Gasteiger partial charge is 0.212 e. The Kier molecular flexibility index (Phi) is 1.67. The van der Waals surface area contributed by atoms with Crippen molar-refractivity contribution in [3.05, 3.63) is 35.9 Å². The van der Waals surface area contributed by atoms with E-state index in [2.05, 4.69) is 16.4 Å². The summed E-state index contributed by atoms with van der Waals surface area (Å²) in [5.74, 6) is 0.348. The van der Waals surface area contributed by atoms with E-state index in [9.17, 15) is 4.39 Å². The average molecular weight is 190 g/mol. The van der Waals surface area contributed by atoms with Crippen LogP contribution in [0.25, 0.3) is 5.57 Å². The van der Waals surface area contributed by atoms with Gasteiger partial charge in [-0.2, -0.15) is 4.39 Å². The van der Waals surface area contributed by atoms with Crippen molar-refractivity contribution in [3.8, 4) is 0 Å². The lowest BCUT2D eigenvalue weighted by atomic mass is 9.89. The zero-order chi connectivity index (χ0) is 9.54. The molecule has 72 valence electrons. The van der Waals surface area contributed by atoms with Crippen molar-refractivity contribution in [1.29, 1.82) is 0 Å². The molecule has 0 saturated carbocycles. The summed E-state index contributed by atoms with van der Waals surface area (Å²) < 4.78 is 12.6. The Morgan fingerprint density at radius 2 is 2.36 bits per heavy atom. The number of pyridine rings is 1. The lowest BCUT2D eigenvalue weighted by Crippen LogP contribution is -2.50. The molecule has 1 aliphatic carbocycles. The molecule has 2 aliphatic rings. The summed E-state index contributed by atoms with van der Waals surface area (Å²) in [4.78, 5) is 3.67. The third kappa shape index (κ3) is 1.09. The van der Waals surface area contributed by atoms with E-state index >= 15 is 0 Å². The van der Waals surface area contributed by atoms with Crippen LogP contribution in [-0.4, -0.2) is 17.6 Å². The maximum Gasteiger partial charge on any atom is 0.212 e. The largest absolute Gasteiger partial charge is 0.309 e. The van der Waals surface area contributed by atoms with Gasteiger partial charge < -0.3 is 5.32 Å². The Hall–Kier alpha value is -1.22. The van der Waals surface area contributed by atoms with Crippen LogP contribution >= 0.6 is 0 Å². The van der Waals surface area contributed by atoms with Gasteiger partial charge >= 0.3 is 0 Å². The highest BCUT2D eigenvalue weighted by Gasteiger charge is 2.36. The molecule has 1 aromatic rings. The number of nitrogens with one attached hydrogen (secondary N) is 1. The highest BCUT2D eigenvalue weighted by Crippen LogP contribution is 2.36. The van der Waals surface area contributed by atoms with Crippen LogP contribution in [0.4, 0.5) is 4.39 Å². The highest BCUT2D eigenvalue weighted by molar-refractivity contribution is 5.72. The van der Waals surface area contributed by atoms with Gasteiger partial charge in [0.25, 0.3) is 0 Å². The molecule has 1 saturated heterocycles. The van der Waals surface area contributed by atoms with Crippen LogP contribution in [0.2, 0.25) is 0 Å². The normalized spacial score (nSPS) is 29.4. The van der Waals surface area contributed by atoms with Crippen molar-refractivity contribution < 1.29 is 4.39 Å².